The van der Waals surface area contributed by atoms with E-state index in [1.54, 1.807) is 7.11 Å². The molecule has 0 heterocycles. The number of methoxy groups -OCH3 is 1. The van der Waals surface area contributed by atoms with Crippen LogP contribution in [0, 0.1) is 0 Å². The number of carbonyl (C=O) groups is 1. The van der Waals surface area contributed by atoms with E-state index in [-0.39, 0.29) is 5.91 Å². The number of nitrogens with one attached hydrogen (secondary N) is 1. The van der Waals surface area contributed by atoms with E-state index in [1.165, 1.54) is 0 Å². The maximum Gasteiger partial charge on any atom is 0.223 e. The number of hydrogen-bond acceptors (Lipinski definition) is 3. The number of benzene rings is 1. The summed E-state index contributed by atoms with van der Waals surface area (Å²) in [6.07, 6.45) is 0.342. The van der Waals surface area contributed by atoms with Crippen LogP contribution in [0.15, 0.2) is 24.3 Å². The Balaban J connectivity index is 2.52. The van der Waals surface area contributed by atoms with Gasteiger partial charge in [0.25, 0.3) is 0 Å². The number of nitrogens with two attached hydrogens (primary N) is 1. The SMILES string of the molecule is COC(C)(C)CC(=O)NCc1ccccc1CN. The summed E-state index contributed by atoms with van der Waals surface area (Å²) >= 11 is 0. The molecule has 3 N–H and O–H groups in total. The topological polar surface area (TPSA) is 64.3 Å². The van der Waals surface area contributed by atoms with E-state index in [0.717, 1.165) is 11.1 Å². The van der Waals surface area contributed by atoms with Crippen LogP contribution in [0.25, 0.3) is 0 Å². The molecule has 0 saturated carbocycles. The van der Waals surface area contributed by atoms with Crippen LogP contribution in [0.5, 0.6) is 0 Å². The van der Waals surface area contributed by atoms with Crippen LogP contribution >= 0.6 is 0 Å². The number of carbonyl (C=O) groups excluding carboxylic acids is 1. The Morgan fingerprint density at radius 1 is 1.33 bits per heavy atom. The first kappa shape index (κ1) is 14.7. The van der Waals surface area contributed by atoms with Crippen LogP contribution in [0.2, 0.25) is 0 Å². The van der Waals surface area contributed by atoms with Crippen molar-refractivity contribution in [3.63, 3.8) is 0 Å². The first-order valence-corrected chi connectivity index (χ1v) is 6.07. The van der Waals surface area contributed by atoms with E-state index in [1.807, 2.05) is 38.1 Å². The quantitative estimate of drug-likeness (QED) is 0.805. The van der Waals surface area contributed by atoms with Gasteiger partial charge >= 0.3 is 0 Å². The smallest absolute Gasteiger partial charge is 0.223 e. The minimum absolute atomic E-state index is 0.0197. The van der Waals surface area contributed by atoms with Crippen molar-refractivity contribution in [3.8, 4) is 0 Å². The maximum absolute atomic E-state index is 11.8. The van der Waals surface area contributed by atoms with Crippen molar-refractivity contribution >= 4 is 5.91 Å². The highest BCUT2D eigenvalue weighted by molar-refractivity contribution is 5.76. The summed E-state index contributed by atoms with van der Waals surface area (Å²) in [7, 11) is 1.61. The Morgan fingerprint density at radius 2 is 1.94 bits per heavy atom. The molecule has 0 aliphatic heterocycles. The third-order valence-electron chi connectivity index (χ3n) is 2.95. The van der Waals surface area contributed by atoms with Gasteiger partial charge in [-0.15, -0.1) is 0 Å². The second kappa shape index (κ2) is 6.52. The predicted molar refractivity (Wildman–Crippen MR) is 71.9 cm³/mol. The lowest BCUT2D eigenvalue weighted by molar-refractivity contribution is -0.126. The highest BCUT2D eigenvalue weighted by atomic mass is 16.5. The Hall–Kier alpha value is -1.39. The lowest BCUT2D eigenvalue weighted by Gasteiger charge is -2.22. The highest BCUT2D eigenvalue weighted by Gasteiger charge is 2.20. The maximum atomic E-state index is 11.8. The molecular formula is C14H22N2O2. The van der Waals surface area contributed by atoms with E-state index >= 15 is 0 Å². The van der Waals surface area contributed by atoms with Crippen LogP contribution < -0.4 is 11.1 Å². The van der Waals surface area contributed by atoms with Crippen molar-refractivity contribution in [1.29, 1.82) is 0 Å². The van der Waals surface area contributed by atoms with Gasteiger partial charge in [0.1, 0.15) is 0 Å². The molecule has 0 unspecified atom stereocenters. The van der Waals surface area contributed by atoms with Gasteiger partial charge < -0.3 is 15.8 Å². The molecule has 18 heavy (non-hydrogen) atoms. The van der Waals surface area contributed by atoms with Gasteiger partial charge in [0.15, 0.2) is 0 Å². The van der Waals surface area contributed by atoms with Crippen LogP contribution in [0.3, 0.4) is 0 Å². The van der Waals surface area contributed by atoms with Crippen molar-refractivity contribution in [2.75, 3.05) is 7.11 Å². The molecular weight excluding hydrogens is 228 g/mol. The summed E-state index contributed by atoms with van der Waals surface area (Å²) in [6.45, 7) is 4.77. The van der Waals surface area contributed by atoms with Crippen LogP contribution in [-0.4, -0.2) is 18.6 Å². The Bertz CT molecular complexity index is 403. The fraction of sp³-hybridized carbons (Fsp3) is 0.500. The minimum Gasteiger partial charge on any atom is -0.378 e. The summed E-state index contributed by atoms with van der Waals surface area (Å²) in [5.41, 5.74) is 7.33. The molecule has 0 aliphatic carbocycles. The van der Waals surface area contributed by atoms with Gasteiger partial charge in [-0.2, -0.15) is 0 Å². The number of amides is 1. The first-order valence-electron chi connectivity index (χ1n) is 6.07. The molecule has 0 atom stereocenters. The van der Waals surface area contributed by atoms with Gasteiger partial charge in [0, 0.05) is 20.2 Å². The molecule has 1 aromatic carbocycles. The average Bonchev–Trinajstić information content (AvgIpc) is 2.36. The Morgan fingerprint density at radius 3 is 2.50 bits per heavy atom. The lowest BCUT2D eigenvalue weighted by atomic mass is 10.0. The van der Waals surface area contributed by atoms with E-state index in [2.05, 4.69) is 5.32 Å². The zero-order valence-electron chi connectivity index (χ0n) is 11.3. The van der Waals surface area contributed by atoms with Gasteiger partial charge in [-0.1, -0.05) is 24.3 Å². The molecule has 0 bridgehead atoms. The summed E-state index contributed by atoms with van der Waals surface area (Å²) in [6, 6.07) is 7.84. The standard InChI is InChI=1S/C14H22N2O2/c1-14(2,18-3)8-13(17)16-10-12-7-5-4-6-11(12)9-15/h4-7H,8-10,15H2,1-3H3,(H,16,17). The molecule has 0 aliphatic rings. The fourth-order valence-electron chi connectivity index (χ4n) is 1.64. The first-order chi connectivity index (χ1) is 8.48. The minimum atomic E-state index is -0.433. The summed E-state index contributed by atoms with van der Waals surface area (Å²) < 4.78 is 5.22. The second-order valence-electron chi connectivity index (χ2n) is 4.89. The van der Waals surface area contributed by atoms with E-state index in [0.29, 0.717) is 19.5 Å². The molecule has 1 amide bonds. The molecule has 4 nitrogen and oxygen atoms in total. The van der Waals surface area contributed by atoms with Gasteiger partial charge in [0.05, 0.1) is 12.0 Å². The third kappa shape index (κ3) is 4.47. The Kier molecular flexibility index (Phi) is 5.31. The van der Waals surface area contributed by atoms with Gasteiger partial charge in [-0.25, -0.2) is 0 Å². The normalized spacial score (nSPS) is 11.3. The predicted octanol–water partition coefficient (Wildman–Crippen LogP) is 1.58. The molecule has 100 valence electrons. The van der Waals surface area contributed by atoms with Crippen molar-refractivity contribution in [2.45, 2.75) is 39.0 Å². The molecule has 0 aromatic heterocycles. The average molecular weight is 250 g/mol. The van der Waals surface area contributed by atoms with Crippen molar-refractivity contribution in [2.24, 2.45) is 5.73 Å². The number of hydrogen-bond donors (Lipinski definition) is 2. The zero-order valence-corrected chi connectivity index (χ0v) is 11.3. The lowest BCUT2D eigenvalue weighted by Crippen LogP contribution is -2.33. The molecule has 1 aromatic rings. The third-order valence-corrected chi connectivity index (χ3v) is 2.95. The van der Waals surface area contributed by atoms with Crippen LogP contribution in [0.1, 0.15) is 31.4 Å². The van der Waals surface area contributed by atoms with Crippen molar-refractivity contribution < 1.29 is 9.53 Å². The molecule has 1 rings (SSSR count). The van der Waals surface area contributed by atoms with E-state index in [9.17, 15) is 4.79 Å². The molecule has 0 saturated heterocycles. The van der Waals surface area contributed by atoms with E-state index < -0.39 is 5.60 Å². The zero-order chi connectivity index (χ0) is 13.6. The summed E-state index contributed by atoms with van der Waals surface area (Å²) in [5.74, 6) is -0.0197. The van der Waals surface area contributed by atoms with Crippen molar-refractivity contribution in [3.05, 3.63) is 35.4 Å². The Labute approximate surface area is 109 Å². The summed E-state index contributed by atoms with van der Waals surface area (Å²) in [5, 5.41) is 2.89. The van der Waals surface area contributed by atoms with Crippen molar-refractivity contribution in [1.82, 2.24) is 5.32 Å². The molecule has 4 heteroatoms. The van der Waals surface area contributed by atoms with Crippen LogP contribution in [0.4, 0.5) is 0 Å². The molecule has 0 radical (unpaired) electrons. The van der Waals surface area contributed by atoms with Gasteiger partial charge in [-0.3, -0.25) is 4.79 Å². The number of ether oxygens (including phenoxy) is 1. The largest absolute Gasteiger partial charge is 0.378 e. The molecule has 0 spiro atoms. The number of rotatable bonds is 6. The summed E-state index contributed by atoms with van der Waals surface area (Å²) in [4.78, 5) is 11.8. The highest BCUT2D eigenvalue weighted by Crippen LogP contribution is 2.13. The van der Waals surface area contributed by atoms with Crippen LogP contribution in [-0.2, 0) is 22.6 Å². The monoisotopic (exact) mass is 250 g/mol. The van der Waals surface area contributed by atoms with Gasteiger partial charge in [-0.05, 0) is 25.0 Å². The fourth-order valence-corrected chi connectivity index (χ4v) is 1.64. The second-order valence-corrected chi connectivity index (χ2v) is 4.89. The molecule has 0 fully saturated rings. The van der Waals surface area contributed by atoms with E-state index in [4.69, 9.17) is 10.5 Å². The van der Waals surface area contributed by atoms with Gasteiger partial charge in [0.2, 0.25) is 5.91 Å².